The van der Waals surface area contributed by atoms with E-state index in [0.717, 1.165) is 12.5 Å². The number of halogens is 1. The van der Waals surface area contributed by atoms with Gasteiger partial charge in [-0.2, -0.15) is 0 Å². The van der Waals surface area contributed by atoms with Crippen molar-refractivity contribution in [2.24, 2.45) is 0 Å². The van der Waals surface area contributed by atoms with E-state index >= 15 is 0 Å². The molecule has 1 aromatic rings. The fraction of sp³-hybridized carbons (Fsp3) is 0.600. The summed E-state index contributed by atoms with van der Waals surface area (Å²) in [6, 6.07) is 7.53. The maximum absolute atomic E-state index is 3.58. The molecule has 3 heteroatoms. The minimum absolute atomic E-state index is 0.798. The molecule has 0 amide bonds. The smallest absolute Gasteiger partial charge is 0.0400 e. The molecular weight excluding hydrogens is 288 g/mol. The van der Waals surface area contributed by atoms with Crippen LogP contribution >= 0.6 is 15.9 Å². The van der Waals surface area contributed by atoms with Crippen LogP contribution in [0.5, 0.6) is 0 Å². The lowest BCUT2D eigenvalue weighted by Gasteiger charge is -2.39. The summed E-state index contributed by atoms with van der Waals surface area (Å²) in [5.41, 5.74) is 2.92. The molecule has 2 aliphatic heterocycles. The Labute approximate surface area is 118 Å². The highest BCUT2D eigenvalue weighted by atomic mass is 79.9. The first-order valence-corrected chi connectivity index (χ1v) is 7.84. The first kappa shape index (κ1) is 12.5. The number of hydrogen-bond acceptors (Lipinski definition) is 2. The van der Waals surface area contributed by atoms with Crippen molar-refractivity contribution >= 4 is 21.6 Å². The van der Waals surface area contributed by atoms with Crippen LogP contribution in [0.4, 0.5) is 5.69 Å². The average Bonchev–Trinajstić information content (AvgIpc) is 2.85. The van der Waals surface area contributed by atoms with Gasteiger partial charge in [-0.25, -0.2) is 0 Å². The molecule has 0 spiro atoms. The van der Waals surface area contributed by atoms with Gasteiger partial charge < -0.3 is 4.90 Å². The first-order chi connectivity index (χ1) is 8.78. The van der Waals surface area contributed by atoms with Crippen LogP contribution in [0.1, 0.15) is 25.3 Å². The van der Waals surface area contributed by atoms with E-state index < -0.39 is 0 Å². The number of aryl methyl sites for hydroxylation is 1. The highest BCUT2D eigenvalue weighted by molar-refractivity contribution is 9.10. The highest BCUT2D eigenvalue weighted by Crippen LogP contribution is 2.29. The Hall–Kier alpha value is -0.540. The molecule has 2 nitrogen and oxygen atoms in total. The summed E-state index contributed by atoms with van der Waals surface area (Å²) < 4.78 is 1.20. The minimum Gasteiger partial charge on any atom is -0.368 e. The van der Waals surface area contributed by atoms with Gasteiger partial charge in [-0.3, -0.25) is 4.90 Å². The van der Waals surface area contributed by atoms with Gasteiger partial charge in [0.15, 0.2) is 0 Å². The number of hydrogen-bond donors (Lipinski definition) is 0. The van der Waals surface area contributed by atoms with Crippen LogP contribution in [-0.4, -0.2) is 37.1 Å². The molecule has 0 aliphatic carbocycles. The largest absolute Gasteiger partial charge is 0.368 e. The normalized spacial score (nSPS) is 24.3. The summed E-state index contributed by atoms with van der Waals surface area (Å²) in [5.74, 6) is 0. The Morgan fingerprint density at radius 1 is 1.28 bits per heavy atom. The maximum Gasteiger partial charge on any atom is 0.0400 e. The van der Waals surface area contributed by atoms with Gasteiger partial charge in [0.05, 0.1) is 0 Å². The minimum atomic E-state index is 0.798. The predicted molar refractivity (Wildman–Crippen MR) is 80.3 cm³/mol. The van der Waals surface area contributed by atoms with Crippen LogP contribution in [-0.2, 0) is 6.42 Å². The third-order valence-corrected chi connectivity index (χ3v) is 4.84. The van der Waals surface area contributed by atoms with Crippen molar-refractivity contribution in [1.82, 2.24) is 4.90 Å². The molecule has 0 N–H and O–H groups in total. The zero-order chi connectivity index (χ0) is 12.5. The van der Waals surface area contributed by atoms with Gasteiger partial charge in [0.2, 0.25) is 0 Å². The SMILES string of the molecule is CCc1cc(Br)ccc1N1CCN2CCCC2C1. The zero-order valence-electron chi connectivity index (χ0n) is 11.0. The molecule has 18 heavy (non-hydrogen) atoms. The van der Waals surface area contributed by atoms with E-state index in [9.17, 15) is 0 Å². The lowest BCUT2D eigenvalue weighted by molar-refractivity contribution is 0.231. The fourth-order valence-electron chi connectivity index (χ4n) is 3.36. The third-order valence-electron chi connectivity index (χ3n) is 4.35. The number of piperazine rings is 1. The maximum atomic E-state index is 3.58. The van der Waals surface area contributed by atoms with E-state index in [1.807, 2.05) is 0 Å². The topological polar surface area (TPSA) is 6.48 Å². The lowest BCUT2D eigenvalue weighted by atomic mass is 10.1. The van der Waals surface area contributed by atoms with Crippen molar-refractivity contribution in [3.8, 4) is 0 Å². The number of nitrogens with zero attached hydrogens (tertiary/aromatic N) is 2. The molecule has 2 heterocycles. The van der Waals surface area contributed by atoms with Crippen LogP contribution in [0.15, 0.2) is 22.7 Å². The zero-order valence-corrected chi connectivity index (χ0v) is 12.6. The summed E-state index contributed by atoms with van der Waals surface area (Å²) in [6.45, 7) is 7.21. The molecule has 0 radical (unpaired) electrons. The Bertz CT molecular complexity index is 433. The van der Waals surface area contributed by atoms with Crippen molar-refractivity contribution in [3.63, 3.8) is 0 Å². The molecule has 2 aliphatic rings. The fourth-order valence-corrected chi connectivity index (χ4v) is 3.76. The number of rotatable bonds is 2. The van der Waals surface area contributed by atoms with E-state index in [0.29, 0.717) is 0 Å². The van der Waals surface area contributed by atoms with E-state index in [-0.39, 0.29) is 0 Å². The molecule has 0 saturated carbocycles. The van der Waals surface area contributed by atoms with Gasteiger partial charge in [-0.15, -0.1) is 0 Å². The van der Waals surface area contributed by atoms with E-state index in [2.05, 4.69) is 50.9 Å². The molecule has 1 aromatic carbocycles. The molecule has 1 unspecified atom stereocenters. The number of fused-ring (bicyclic) bond motifs is 1. The molecule has 0 bridgehead atoms. The van der Waals surface area contributed by atoms with Gasteiger partial charge in [0.25, 0.3) is 0 Å². The average molecular weight is 309 g/mol. The van der Waals surface area contributed by atoms with Crippen molar-refractivity contribution in [1.29, 1.82) is 0 Å². The van der Waals surface area contributed by atoms with Crippen molar-refractivity contribution in [2.45, 2.75) is 32.2 Å². The Morgan fingerprint density at radius 2 is 2.17 bits per heavy atom. The van der Waals surface area contributed by atoms with Crippen LogP contribution in [0.3, 0.4) is 0 Å². The van der Waals surface area contributed by atoms with Crippen LogP contribution in [0, 0.1) is 0 Å². The molecular formula is C15H21BrN2. The van der Waals surface area contributed by atoms with E-state index in [4.69, 9.17) is 0 Å². The molecule has 3 rings (SSSR count). The summed E-state index contributed by atoms with van der Waals surface area (Å²) in [6.07, 6.45) is 3.88. The van der Waals surface area contributed by atoms with Crippen molar-refractivity contribution in [2.75, 3.05) is 31.1 Å². The molecule has 2 fully saturated rings. The van der Waals surface area contributed by atoms with Gasteiger partial charge in [0.1, 0.15) is 0 Å². The van der Waals surface area contributed by atoms with Crippen LogP contribution in [0.25, 0.3) is 0 Å². The summed E-state index contributed by atoms with van der Waals surface area (Å²) >= 11 is 3.58. The number of benzene rings is 1. The summed E-state index contributed by atoms with van der Waals surface area (Å²) in [5, 5.41) is 0. The van der Waals surface area contributed by atoms with Crippen LogP contribution < -0.4 is 4.90 Å². The Kier molecular flexibility index (Phi) is 3.62. The molecule has 98 valence electrons. The standard InChI is InChI=1S/C15H21BrN2/c1-2-12-10-13(16)5-6-15(12)18-9-8-17-7-3-4-14(17)11-18/h5-6,10,14H,2-4,7-9,11H2,1H3. The van der Waals surface area contributed by atoms with Gasteiger partial charge in [-0.05, 0) is 49.6 Å². The number of anilines is 1. The van der Waals surface area contributed by atoms with Crippen molar-refractivity contribution in [3.05, 3.63) is 28.2 Å². The molecule has 1 atom stereocenters. The monoisotopic (exact) mass is 308 g/mol. The second-order valence-corrected chi connectivity index (χ2v) is 6.32. The van der Waals surface area contributed by atoms with E-state index in [1.165, 1.54) is 54.7 Å². The first-order valence-electron chi connectivity index (χ1n) is 7.05. The summed E-state index contributed by atoms with van der Waals surface area (Å²) in [4.78, 5) is 5.26. The molecule has 2 saturated heterocycles. The van der Waals surface area contributed by atoms with Gasteiger partial charge in [-0.1, -0.05) is 22.9 Å². The molecule has 0 aromatic heterocycles. The lowest BCUT2D eigenvalue weighted by Crippen LogP contribution is -2.50. The third kappa shape index (κ3) is 2.30. The van der Waals surface area contributed by atoms with Gasteiger partial charge >= 0.3 is 0 Å². The van der Waals surface area contributed by atoms with E-state index in [1.54, 1.807) is 0 Å². The Morgan fingerprint density at radius 3 is 3.00 bits per heavy atom. The predicted octanol–water partition coefficient (Wildman–Crippen LogP) is 3.30. The van der Waals surface area contributed by atoms with Crippen LogP contribution in [0.2, 0.25) is 0 Å². The quantitative estimate of drug-likeness (QED) is 0.827. The highest BCUT2D eigenvalue weighted by Gasteiger charge is 2.30. The second-order valence-electron chi connectivity index (χ2n) is 5.40. The van der Waals surface area contributed by atoms with Crippen molar-refractivity contribution < 1.29 is 0 Å². The summed E-state index contributed by atoms with van der Waals surface area (Å²) in [7, 11) is 0. The van der Waals surface area contributed by atoms with Gasteiger partial charge in [0, 0.05) is 35.8 Å². The Balaban J connectivity index is 1.82. The second kappa shape index (κ2) is 5.22.